The molecule has 1 aromatic rings. The van der Waals surface area contributed by atoms with E-state index in [-0.39, 0.29) is 18.6 Å². The second-order valence-corrected chi connectivity index (χ2v) is 5.54. The fourth-order valence-corrected chi connectivity index (χ4v) is 2.63. The predicted octanol–water partition coefficient (Wildman–Crippen LogP) is 1.68. The molecule has 19 heavy (non-hydrogen) atoms. The molecule has 1 aromatic carbocycles. The molecule has 1 fully saturated rings. The van der Waals surface area contributed by atoms with Gasteiger partial charge in [-0.3, -0.25) is 4.79 Å². The minimum Gasteiger partial charge on any atom is -0.396 e. The summed E-state index contributed by atoms with van der Waals surface area (Å²) in [6.07, 6.45) is 3.42. The Kier molecular flexibility index (Phi) is 4.22. The molecular weight excluding hydrogens is 240 g/mol. The van der Waals surface area contributed by atoms with Crippen molar-refractivity contribution < 1.29 is 9.90 Å². The molecule has 0 radical (unpaired) electrons. The fraction of sp³-hybridized carbons (Fsp3) is 0.533. The Balaban J connectivity index is 2.02. The first-order valence-corrected chi connectivity index (χ1v) is 6.83. The van der Waals surface area contributed by atoms with Crippen molar-refractivity contribution in [2.24, 2.45) is 11.1 Å². The van der Waals surface area contributed by atoms with E-state index in [1.807, 2.05) is 31.2 Å². The highest BCUT2D eigenvalue weighted by Gasteiger charge is 2.42. The number of hydrogen-bond donors (Lipinski definition) is 3. The number of rotatable bonds is 4. The average molecular weight is 262 g/mol. The third kappa shape index (κ3) is 2.96. The van der Waals surface area contributed by atoms with Crippen LogP contribution in [0, 0.1) is 5.41 Å². The molecule has 2 atom stereocenters. The number of carbonyl (C=O) groups is 1. The zero-order valence-electron chi connectivity index (χ0n) is 11.4. The number of anilines is 1. The molecule has 0 aliphatic heterocycles. The van der Waals surface area contributed by atoms with E-state index in [2.05, 4.69) is 5.32 Å². The van der Waals surface area contributed by atoms with Gasteiger partial charge in [0, 0.05) is 18.3 Å². The molecule has 0 bridgehead atoms. The van der Waals surface area contributed by atoms with E-state index < -0.39 is 5.41 Å². The Bertz CT molecular complexity index is 444. The van der Waals surface area contributed by atoms with E-state index in [1.165, 1.54) is 0 Å². The molecule has 4 heteroatoms. The van der Waals surface area contributed by atoms with Gasteiger partial charge in [0.05, 0.1) is 5.41 Å². The van der Waals surface area contributed by atoms with Crippen LogP contribution in [-0.2, 0) is 11.2 Å². The Morgan fingerprint density at radius 3 is 2.68 bits per heavy atom. The highest BCUT2D eigenvalue weighted by atomic mass is 16.2. The third-order valence-electron chi connectivity index (χ3n) is 4.16. The van der Waals surface area contributed by atoms with Crippen LogP contribution >= 0.6 is 0 Å². The quantitative estimate of drug-likeness (QED) is 0.772. The topological polar surface area (TPSA) is 75.3 Å². The number of benzene rings is 1. The van der Waals surface area contributed by atoms with Crippen molar-refractivity contribution >= 4 is 11.6 Å². The van der Waals surface area contributed by atoms with Crippen molar-refractivity contribution in [2.75, 3.05) is 11.9 Å². The Hall–Kier alpha value is -1.39. The van der Waals surface area contributed by atoms with Crippen LogP contribution in [0.4, 0.5) is 5.69 Å². The lowest BCUT2D eigenvalue weighted by atomic mass is 9.84. The Labute approximate surface area is 114 Å². The van der Waals surface area contributed by atoms with Gasteiger partial charge >= 0.3 is 0 Å². The number of aliphatic hydroxyl groups excluding tert-OH is 1. The molecule has 2 rings (SSSR count). The molecule has 2 unspecified atom stereocenters. The van der Waals surface area contributed by atoms with Gasteiger partial charge in [0.1, 0.15) is 0 Å². The fourth-order valence-electron chi connectivity index (χ4n) is 2.63. The first-order valence-electron chi connectivity index (χ1n) is 6.83. The SMILES string of the molecule is CC1(C(=O)Nc2ccc(CCO)cc2)CCCC1N. The second-order valence-electron chi connectivity index (χ2n) is 5.54. The summed E-state index contributed by atoms with van der Waals surface area (Å²) in [5.74, 6) is 0.00686. The van der Waals surface area contributed by atoms with Crippen molar-refractivity contribution in [1.82, 2.24) is 0 Å². The molecule has 0 aromatic heterocycles. The molecule has 0 spiro atoms. The summed E-state index contributed by atoms with van der Waals surface area (Å²) in [6.45, 7) is 2.08. The van der Waals surface area contributed by atoms with Crippen molar-refractivity contribution in [1.29, 1.82) is 0 Å². The summed E-state index contributed by atoms with van der Waals surface area (Å²) in [5, 5.41) is 11.8. The molecule has 104 valence electrons. The predicted molar refractivity (Wildman–Crippen MR) is 75.8 cm³/mol. The van der Waals surface area contributed by atoms with Crippen LogP contribution in [0.1, 0.15) is 31.7 Å². The Morgan fingerprint density at radius 1 is 1.47 bits per heavy atom. The lowest BCUT2D eigenvalue weighted by molar-refractivity contribution is -0.125. The zero-order chi connectivity index (χ0) is 13.9. The highest BCUT2D eigenvalue weighted by Crippen LogP contribution is 2.37. The maximum absolute atomic E-state index is 12.3. The summed E-state index contributed by atoms with van der Waals surface area (Å²) in [6, 6.07) is 7.52. The Morgan fingerprint density at radius 2 is 2.16 bits per heavy atom. The van der Waals surface area contributed by atoms with Gasteiger partial charge in [-0.2, -0.15) is 0 Å². The molecule has 1 aliphatic rings. The number of hydrogen-bond acceptors (Lipinski definition) is 3. The standard InChI is InChI=1S/C15H22N2O2/c1-15(9-2-3-13(15)16)14(19)17-12-6-4-11(5-7-12)8-10-18/h4-7,13,18H,2-3,8-10,16H2,1H3,(H,17,19). The zero-order valence-corrected chi connectivity index (χ0v) is 11.4. The molecular formula is C15H22N2O2. The van der Waals surface area contributed by atoms with Crippen LogP contribution in [0.15, 0.2) is 24.3 Å². The number of nitrogens with one attached hydrogen (secondary N) is 1. The van der Waals surface area contributed by atoms with Crippen LogP contribution < -0.4 is 11.1 Å². The summed E-state index contributed by atoms with van der Waals surface area (Å²) >= 11 is 0. The van der Waals surface area contributed by atoms with Gasteiger partial charge in [0.15, 0.2) is 0 Å². The largest absolute Gasteiger partial charge is 0.396 e. The van der Waals surface area contributed by atoms with Crippen LogP contribution in [0.3, 0.4) is 0 Å². The monoisotopic (exact) mass is 262 g/mol. The molecule has 1 saturated carbocycles. The second kappa shape index (κ2) is 5.72. The van der Waals surface area contributed by atoms with Crippen LogP contribution in [-0.4, -0.2) is 23.7 Å². The van der Waals surface area contributed by atoms with Crippen LogP contribution in [0.5, 0.6) is 0 Å². The molecule has 4 N–H and O–H groups in total. The first-order chi connectivity index (χ1) is 9.06. The summed E-state index contributed by atoms with van der Waals surface area (Å²) in [7, 11) is 0. The van der Waals surface area contributed by atoms with E-state index in [4.69, 9.17) is 10.8 Å². The van der Waals surface area contributed by atoms with Crippen molar-refractivity contribution in [2.45, 2.75) is 38.6 Å². The number of amides is 1. The van der Waals surface area contributed by atoms with Gasteiger partial charge in [-0.15, -0.1) is 0 Å². The van der Waals surface area contributed by atoms with Gasteiger partial charge in [0.25, 0.3) is 0 Å². The summed E-state index contributed by atoms with van der Waals surface area (Å²) < 4.78 is 0. The van der Waals surface area contributed by atoms with Crippen LogP contribution in [0.2, 0.25) is 0 Å². The third-order valence-corrected chi connectivity index (χ3v) is 4.16. The van der Waals surface area contributed by atoms with Gasteiger partial charge in [-0.05, 0) is 43.9 Å². The van der Waals surface area contributed by atoms with Crippen LogP contribution in [0.25, 0.3) is 0 Å². The first kappa shape index (κ1) is 14.0. The maximum atomic E-state index is 12.3. The maximum Gasteiger partial charge on any atom is 0.231 e. The van der Waals surface area contributed by atoms with Gasteiger partial charge in [-0.25, -0.2) is 0 Å². The van der Waals surface area contributed by atoms with E-state index >= 15 is 0 Å². The summed E-state index contributed by atoms with van der Waals surface area (Å²) in [5.41, 5.74) is 7.43. The van der Waals surface area contributed by atoms with Gasteiger partial charge < -0.3 is 16.2 Å². The molecule has 0 heterocycles. The number of carbonyl (C=O) groups excluding carboxylic acids is 1. The van der Waals surface area contributed by atoms with Crippen molar-refractivity contribution in [3.05, 3.63) is 29.8 Å². The lowest BCUT2D eigenvalue weighted by Crippen LogP contribution is -2.44. The molecule has 1 amide bonds. The van der Waals surface area contributed by atoms with Gasteiger partial charge in [-0.1, -0.05) is 18.6 Å². The van der Waals surface area contributed by atoms with E-state index in [0.717, 1.165) is 30.5 Å². The highest BCUT2D eigenvalue weighted by molar-refractivity contribution is 5.95. The number of aliphatic hydroxyl groups is 1. The average Bonchev–Trinajstić information content (AvgIpc) is 2.74. The molecule has 1 aliphatic carbocycles. The lowest BCUT2D eigenvalue weighted by Gasteiger charge is -2.27. The minimum atomic E-state index is -0.455. The van der Waals surface area contributed by atoms with Crippen molar-refractivity contribution in [3.63, 3.8) is 0 Å². The van der Waals surface area contributed by atoms with Crippen molar-refractivity contribution in [3.8, 4) is 0 Å². The van der Waals surface area contributed by atoms with Gasteiger partial charge in [0.2, 0.25) is 5.91 Å². The minimum absolute atomic E-state index is 0.00686. The smallest absolute Gasteiger partial charge is 0.231 e. The normalized spacial score (nSPS) is 26.4. The van der Waals surface area contributed by atoms with E-state index in [1.54, 1.807) is 0 Å². The van der Waals surface area contributed by atoms with E-state index in [9.17, 15) is 4.79 Å². The molecule has 0 saturated heterocycles. The number of nitrogens with two attached hydrogens (primary N) is 1. The molecule has 4 nitrogen and oxygen atoms in total. The van der Waals surface area contributed by atoms with E-state index in [0.29, 0.717) is 6.42 Å². The summed E-state index contributed by atoms with van der Waals surface area (Å²) in [4.78, 5) is 12.3.